The van der Waals surface area contributed by atoms with Crippen molar-refractivity contribution in [2.24, 2.45) is 0 Å². The predicted octanol–water partition coefficient (Wildman–Crippen LogP) is 1.29. The van der Waals surface area contributed by atoms with Crippen molar-refractivity contribution in [1.82, 2.24) is 0 Å². The molecule has 11 heavy (non-hydrogen) atoms. The first-order chi connectivity index (χ1) is 5.24. The molecule has 3 heteroatoms. The summed E-state index contributed by atoms with van der Waals surface area (Å²) in [5.41, 5.74) is 0.678. The maximum atomic E-state index is 12.0. The number of carbonyl (C=O) groups excluding carboxylic acids is 1. The number of halogens is 1. The summed E-state index contributed by atoms with van der Waals surface area (Å²) in [5, 5.41) is 8.59. The van der Waals surface area contributed by atoms with Crippen molar-refractivity contribution in [1.29, 1.82) is 0 Å². The third-order valence-electron chi connectivity index (χ3n) is 1.36. The van der Waals surface area contributed by atoms with E-state index in [0.29, 0.717) is 5.56 Å². The number of hydrogen-bond acceptors (Lipinski definition) is 2. The fraction of sp³-hybridized carbons (Fsp3) is 0.125. The van der Waals surface area contributed by atoms with E-state index < -0.39 is 6.04 Å². The van der Waals surface area contributed by atoms with Crippen molar-refractivity contribution >= 4 is 6.04 Å². The third kappa shape index (κ3) is 1.85. The van der Waals surface area contributed by atoms with Gasteiger partial charge in [-0.1, -0.05) is 12.1 Å². The van der Waals surface area contributed by atoms with E-state index in [1.54, 1.807) is 0 Å². The van der Waals surface area contributed by atoms with Gasteiger partial charge in [-0.25, -0.2) is 0 Å². The van der Waals surface area contributed by atoms with Gasteiger partial charge in [0.05, 0.1) is 12.2 Å². The van der Waals surface area contributed by atoms with Gasteiger partial charge in [-0.2, -0.15) is 4.39 Å². The first-order valence-corrected chi connectivity index (χ1v) is 3.13. The van der Waals surface area contributed by atoms with Gasteiger partial charge >= 0.3 is 6.04 Å². The fourth-order valence-corrected chi connectivity index (χ4v) is 0.741. The average molecular weight is 154 g/mol. The van der Waals surface area contributed by atoms with E-state index in [2.05, 4.69) is 0 Å². The van der Waals surface area contributed by atoms with E-state index in [-0.39, 0.29) is 12.2 Å². The molecule has 0 fully saturated rings. The zero-order valence-electron chi connectivity index (χ0n) is 5.75. The molecule has 1 N–H and O–H groups in total. The molecule has 0 aromatic heterocycles. The van der Waals surface area contributed by atoms with Gasteiger partial charge in [-0.3, -0.25) is 4.79 Å². The second kappa shape index (κ2) is 3.25. The molecule has 0 saturated carbocycles. The molecule has 1 aromatic carbocycles. The second-order valence-electron chi connectivity index (χ2n) is 2.13. The van der Waals surface area contributed by atoms with Gasteiger partial charge in [0, 0.05) is 0 Å². The molecule has 0 radical (unpaired) electrons. The molecule has 1 rings (SSSR count). The Hall–Kier alpha value is -1.22. The lowest BCUT2D eigenvalue weighted by Gasteiger charge is -1.94. The molecule has 0 amide bonds. The van der Waals surface area contributed by atoms with Crippen LogP contribution in [-0.4, -0.2) is 11.1 Å². The molecule has 0 spiro atoms. The minimum absolute atomic E-state index is 0.0159. The van der Waals surface area contributed by atoms with E-state index in [9.17, 15) is 9.18 Å². The van der Waals surface area contributed by atoms with Crippen molar-refractivity contribution in [2.75, 3.05) is 0 Å². The van der Waals surface area contributed by atoms with Crippen LogP contribution in [0, 0.1) is 0 Å². The number of rotatable bonds is 2. The maximum absolute atomic E-state index is 12.0. The molecule has 0 atom stereocenters. The topological polar surface area (TPSA) is 37.3 Å². The summed E-state index contributed by atoms with van der Waals surface area (Å²) in [7, 11) is 0. The van der Waals surface area contributed by atoms with Crippen LogP contribution in [0.2, 0.25) is 0 Å². The summed E-state index contributed by atoms with van der Waals surface area (Å²) in [4.78, 5) is 10.1. The van der Waals surface area contributed by atoms with Crippen LogP contribution in [-0.2, 0) is 6.61 Å². The first-order valence-electron chi connectivity index (χ1n) is 3.13. The Bertz CT molecular complexity index is 253. The third-order valence-corrected chi connectivity index (χ3v) is 1.36. The number of benzene rings is 1. The highest BCUT2D eigenvalue weighted by molar-refractivity contribution is 5.88. The highest BCUT2D eigenvalue weighted by Crippen LogP contribution is 2.05. The fourth-order valence-electron chi connectivity index (χ4n) is 0.741. The SMILES string of the molecule is O=C(F)c1ccc(CO)cc1. The predicted molar refractivity (Wildman–Crippen MR) is 37.8 cm³/mol. The number of carbonyl (C=O) groups is 1. The molecule has 0 aliphatic heterocycles. The Labute approximate surface area is 63.3 Å². The molecule has 2 nitrogen and oxygen atoms in total. The number of aliphatic hydroxyl groups excluding tert-OH is 1. The summed E-state index contributed by atoms with van der Waals surface area (Å²) in [5.74, 6) is 0. The molecule has 0 unspecified atom stereocenters. The quantitative estimate of drug-likeness (QED) is 0.651. The Morgan fingerprint density at radius 1 is 1.36 bits per heavy atom. The van der Waals surface area contributed by atoms with Crippen LogP contribution in [0.25, 0.3) is 0 Å². The van der Waals surface area contributed by atoms with Gasteiger partial charge in [0.25, 0.3) is 0 Å². The van der Waals surface area contributed by atoms with Crippen molar-refractivity contribution in [2.45, 2.75) is 6.61 Å². The Balaban J connectivity index is 2.91. The van der Waals surface area contributed by atoms with Crippen LogP contribution < -0.4 is 0 Å². The average Bonchev–Trinajstić information content (AvgIpc) is 2.05. The van der Waals surface area contributed by atoms with Gasteiger partial charge in [-0.15, -0.1) is 0 Å². The monoisotopic (exact) mass is 154 g/mol. The minimum atomic E-state index is -1.45. The molecule has 1 aromatic rings. The van der Waals surface area contributed by atoms with Crippen molar-refractivity contribution in [3.8, 4) is 0 Å². The summed E-state index contributed by atoms with van der Waals surface area (Å²) in [6.07, 6.45) is 0. The van der Waals surface area contributed by atoms with E-state index in [1.807, 2.05) is 0 Å². The first kappa shape index (κ1) is 7.88. The maximum Gasteiger partial charge on any atom is 0.332 e. The lowest BCUT2D eigenvalue weighted by atomic mass is 10.1. The lowest BCUT2D eigenvalue weighted by Crippen LogP contribution is -1.90. The van der Waals surface area contributed by atoms with Gasteiger partial charge in [0.2, 0.25) is 0 Å². The summed E-state index contributed by atoms with van der Waals surface area (Å²) < 4.78 is 12.0. The number of hydrogen-bond donors (Lipinski definition) is 1. The largest absolute Gasteiger partial charge is 0.392 e. The molecular formula is C8H7FO2. The number of aliphatic hydroxyl groups is 1. The van der Waals surface area contributed by atoms with E-state index in [4.69, 9.17) is 5.11 Å². The molecular weight excluding hydrogens is 147 g/mol. The molecule has 0 aliphatic carbocycles. The van der Waals surface area contributed by atoms with Crippen LogP contribution in [0.3, 0.4) is 0 Å². The van der Waals surface area contributed by atoms with Crippen LogP contribution in [0.15, 0.2) is 24.3 Å². The molecule has 0 bridgehead atoms. The lowest BCUT2D eigenvalue weighted by molar-refractivity contribution is 0.0836. The Morgan fingerprint density at radius 3 is 2.27 bits per heavy atom. The highest BCUT2D eigenvalue weighted by Gasteiger charge is 2.01. The standard InChI is InChI=1S/C8H7FO2/c9-8(11)7-3-1-6(5-10)2-4-7/h1-4,10H,5H2. The van der Waals surface area contributed by atoms with E-state index >= 15 is 0 Å². The highest BCUT2D eigenvalue weighted by atomic mass is 19.1. The Kier molecular flexibility index (Phi) is 2.33. The van der Waals surface area contributed by atoms with Crippen molar-refractivity contribution < 1.29 is 14.3 Å². The van der Waals surface area contributed by atoms with Crippen LogP contribution >= 0.6 is 0 Å². The van der Waals surface area contributed by atoms with Gasteiger partial charge in [0.15, 0.2) is 0 Å². The van der Waals surface area contributed by atoms with E-state index in [0.717, 1.165) is 0 Å². The van der Waals surface area contributed by atoms with Crippen LogP contribution in [0.1, 0.15) is 15.9 Å². The normalized spacial score (nSPS) is 9.64. The molecule has 0 aliphatic rings. The molecule has 0 saturated heterocycles. The van der Waals surface area contributed by atoms with Crippen molar-refractivity contribution in [3.05, 3.63) is 35.4 Å². The molecule has 58 valence electrons. The van der Waals surface area contributed by atoms with Crippen molar-refractivity contribution in [3.63, 3.8) is 0 Å². The Morgan fingerprint density at radius 2 is 1.91 bits per heavy atom. The second-order valence-corrected chi connectivity index (χ2v) is 2.13. The van der Waals surface area contributed by atoms with Gasteiger partial charge < -0.3 is 5.11 Å². The molecule has 0 heterocycles. The summed E-state index contributed by atoms with van der Waals surface area (Å²) >= 11 is 0. The zero-order chi connectivity index (χ0) is 8.27. The minimum Gasteiger partial charge on any atom is -0.392 e. The van der Waals surface area contributed by atoms with Gasteiger partial charge in [0.1, 0.15) is 0 Å². The zero-order valence-corrected chi connectivity index (χ0v) is 5.75. The summed E-state index contributed by atoms with van der Waals surface area (Å²) in [6.45, 7) is -0.0965. The summed E-state index contributed by atoms with van der Waals surface area (Å²) in [6, 6.07) is 4.25. The van der Waals surface area contributed by atoms with Gasteiger partial charge in [-0.05, 0) is 17.7 Å². The van der Waals surface area contributed by atoms with E-state index in [1.165, 1.54) is 24.3 Å². The van der Waals surface area contributed by atoms with Crippen LogP contribution in [0.4, 0.5) is 4.39 Å². The smallest absolute Gasteiger partial charge is 0.332 e. The van der Waals surface area contributed by atoms with Crippen LogP contribution in [0.5, 0.6) is 0 Å².